The summed E-state index contributed by atoms with van der Waals surface area (Å²) in [5.41, 5.74) is 2.57. The Hall–Kier alpha value is -1.06. The van der Waals surface area contributed by atoms with E-state index in [0.717, 1.165) is 25.7 Å². The summed E-state index contributed by atoms with van der Waals surface area (Å²) in [6, 6.07) is 9.69. The number of hydrogen-bond acceptors (Lipinski definition) is 3. The number of hydrogen-bond donors (Lipinski definition) is 0. The number of benzene rings is 1. The van der Waals surface area contributed by atoms with Crippen LogP contribution in [0.15, 0.2) is 24.3 Å². The molecular formula is C21H32ClNO2. The summed E-state index contributed by atoms with van der Waals surface area (Å²) in [6.07, 6.45) is 5.24. The fraction of sp³-hybridized carbons (Fsp3) is 0.667. The van der Waals surface area contributed by atoms with Gasteiger partial charge in [0.2, 0.25) is 0 Å². The fourth-order valence-electron chi connectivity index (χ4n) is 4.64. The van der Waals surface area contributed by atoms with Gasteiger partial charge in [0.25, 0.3) is 0 Å². The summed E-state index contributed by atoms with van der Waals surface area (Å²) in [7, 11) is 2.19. The van der Waals surface area contributed by atoms with Crippen molar-refractivity contribution in [2.45, 2.75) is 77.0 Å². The summed E-state index contributed by atoms with van der Waals surface area (Å²) in [4.78, 5) is 15.5. The molecule has 4 heteroatoms. The number of halogens is 1. The third-order valence-electron chi connectivity index (χ3n) is 6.24. The smallest absolute Gasteiger partial charge is 0.311 e. The van der Waals surface area contributed by atoms with Crippen LogP contribution < -0.4 is 0 Å². The maximum atomic E-state index is 13.1. The maximum Gasteiger partial charge on any atom is 0.311 e. The largest absolute Gasteiger partial charge is 0.462 e. The molecule has 3 rings (SSSR count). The second-order valence-electron chi connectivity index (χ2n) is 7.62. The lowest BCUT2D eigenvalue weighted by Gasteiger charge is -2.42. The van der Waals surface area contributed by atoms with Crippen molar-refractivity contribution in [1.82, 2.24) is 4.90 Å². The highest BCUT2D eigenvalue weighted by Gasteiger charge is 2.49. The van der Waals surface area contributed by atoms with Crippen molar-refractivity contribution >= 4 is 18.4 Å². The Morgan fingerprint density at radius 1 is 1.20 bits per heavy atom. The van der Waals surface area contributed by atoms with Crippen LogP contribution in [0.5, 0.6) is 0 Å². The number of piperidine rings is 1. The average molecular weight is 366 g/mol. The summed E-state index contributed by atoms with van der Waals surface area (Å²) in [5.74, 6) is 0.282. The highest BCUT2D eigenvalue weighted by molar-refractivity contribution is 5.85. The van der Waals surface area contributed by atoms with Crippen LogP contribution >= 0.6 is 12.4 Å². The van der Waals surface area contributed by atoms with Crippen LogP contribution in [-0.2, 0) is 9.53 Å². The first kappa shape index (κ1) is 20.3. The van der Waals surface area contributed by atoms with Gasteiger partial charge in [-0.15, -0.1) is 12.4 Å². The molecule has 0 N–H and O–H groups in total. The normalized spacial score (nSPS) is 28.7. The second kappa shape index (κ2) is 8.55. The maximum absolute atomic E-state index is 13.1. The number of esters is 1. The minimum atomic E-state index is -0.0305. The molecule has 2 saturated heterocycles. The van der Waals surface area contributed by atoms with Gasteiger partial charge in [-0.3, -0.25) is 9.69 Å². The van der Waals surface area contributed by atoms with Gasteiger partial charge in [-0.25, -0.2) is 0 Å². The van der Waals surface area contributed by atoms with Gasteiger partial charge < -0.3 is 4.74 Å². The summed E-state index contributed by atoms with van der Waals surface area (Å²) < 4.78 is 5.90. The van der Waals surface area contributed by atoms with Crippen molar-refractivity contribution in [1.29, 1.82) is 0 Å². The van der Waals surface area contributed by atoms with Crippen LogP contribution in [0.1, 0.15) is 63.0 Å². The molecule has 1 aromatic carbocycles. The third kappa shape index (κ3) is 4.03. The predicted molar refractivity (Wildman–Crippen MR) is 104 cm³/mol. The van der Waals surface area contributed by atoms with E-state index >= 15 is 0 Å². The average Bonchev–Trinajstić information content (AvgIpc) is 2.83. The Morgan fingerprint density at radius 3 is 2.44 bits per heavy atom. The lowest BCUT2D eigenvalue weighted by Crippen LogP contribution is -2.49. The molecule has 0 aliphatic carbocycles. The van der Waals surface area contributed by atoms with Gasteiger partial charge in [-0.05, 0) is 51.6 Å². The topological polar surface area (TPSA) is 29.5 Å². The molecule has 2 heterocycles. The van der Waals surface area contributed by atoms with Crippen LogP contribution in [0.3, 0.4) is 0 Å². The lowest BCUT2D eigenvalue weighted by molar-refractivity contribution is -0.159. The van der Waals surface area contributed by atoms with Crippen molar-refractivity contribution in [2.24, 2.45) is 5.92 Å². The third-order valence-corrected chi connectivity index (χ3v) is 6.24. The number of carbonyl (C=O) groups excluding carboxylic acids is 1. The molecule has 2 fully saturated rings. The van der Waals surface area contributed by atoms with Gasteiger partial charge >= 0.3 is 5.97 Å². The van der Waals surface area contributed by atoms with Gasteiger partial charge in [0.15, 0.2) is 0 Å². The number of carbonyl (C=O) groups is 1. The van der Waals surface area contributed by atoms with Crippen molar-refractivity contribution in [3.8, 4) is 0 Å². The lowest BCUT2D eigenvalue weighted by atomic mass is 9.76. The van der Waals surface area contributed by atoms with E-state index < -0.39 is 0 Å². The van der Waals surface area contributed by atoms with E-state index in [1.165, 1.54) is 17.5 Å². The molecule has 4 atom stereocenters. The Balaban J connectivity index is 0.00000225. The minimum absolute atomic E-state index is 0. The van der Waals surface area contributed by atoms with Crippen molar-refractivity contribution in [3.05, 3.63) is 35.4 Å². The molecule has 1 aromatic rings. The quantitative estimate of drug-likeness (QED) is 0.707. The fourth-order valence-corrected chi connectivity index (χ4v) is 4.64. The Kier molecular flexibility index (Phi) is 6.93. The van der Waals surface area contributed by atoms with E-state index in [2.05, 4.69) is 57.0 Å². The van der Waals surface area contributed by atoms with E-state index in [1.54, 1.807) is 0 Å². The van der Waals surface area contributed by atoms with Gasteiger partial charge in [0.1, 0.15) is 6.10 Å². The number of ether oxygens (including phenoxy) is 1. The van der Waals surface area contributed by atoms with E-state index in [1.807, 2.05) is 0 Å². The summed E-state index contributed by atoms with van der Waals surface area (Å²) >= 11 is 0. The zero-order chi connectivity index (χ0) is 17.3. The van der Waals surface area contributed by atoms with Crippen molar-refractivity contribution < 1.29 is 9.53 Å². The Morgan fingerprint density at radius 2 is 1.84 bits per heavy atom. The SMILES string of the molecule is CCC(CC)OC(=O)C1C(c2ccc(C)cc2)CC2CCC1N2C.Cl. The van der Waals surface area contributed by atoms with Crippen molar-refractivity contribution in [3.63, 3.8) is 0 Å². The highest BCUT2D eigenvalue weighted by atomic mass is 35.5. The minimum Gasteiger partial charge on any atom is -0.462 e. The zero-order valence-corrected chi connectivity index (χ0v) is 16.7. The van der Waals surface area contributed by atoms with Crippen molar-refractivity contribution in [2.75, 3.05) is 7.05 Å². The molecule has 2 aliphatic heterocycles. The zero-order valence-electron chi connectivity index (χ0n) is 15.9. The molecule has 0 spiro atoms. The second-order valence-corrected chi connectivity index (χ2v) is 7.62. The van der Waals surface area contributed by atoms with Gasteiger partial charge in [-0.1, -0.05) is 43.7 Å². The van der Waals surface area contributed by atoms with Crippen LogP contribution in [0, 0.1) is 12.8 Å². The molecular weight excluding hydrogens is 334 g/mol. The van der Waals surface area contributed by atoms with Crippen LogP contribution in [0.25, 0.3) is 0 Å². The van der Waals surface area contributed by atoms with E-state index in [9.17, 15) is 4.79 Å². The molecule has 2 aliphatic rings. The molecule has 4 unspecified atom stereocenters. The summed E-state index contributed by atoms with van der Waals surface area (Å²) in [6.45, 7) is 6.30. The van der Waals surface area contributed by atoms with Gasteiger partial charge in [0.05, 0.1) is 5.92 Å². The van der Waals surface area contributed by atoms with Crippen LogP contribution in [0.2, 0.25) is 0 Å². The standard InChI is InChI=1S/C21H31NO2.ClH/c1-5-17(6-2)24-21(23)20-18(15-9-7-14(3)8-10-15)13-16-11-12-19(20)22(16)4;/h7-10,16-20H,5-6,11-13H2,1-4H3;1H. The molecule has 0 aromatic heterocycles. The predicted octanol–water partition coefficient (Wildman–Crippen LogP) is 4.71. The number of rotatable bonds is 5. The number of aryl methyl sites for hydroxylation is 1. The van der Waals surface area contributed by atoms with Crippen LogP contribution in [0.4, 0.5) is 0 Å². The molecule has 0 amide bonds. The number of fused-ring (bicyclic) bond motifs is 2. The molecule has 25 heavy (non-hydrogen) atoms. The van der Waals surface area contributed by atoms with Gasteiger partial charge in [-0.2, -0.15) is 0 Å². The first-order valence-electron chi connectivity index (χ1n) is 9.54. The first-order valence-corrected chi connectivity index (χ1v) is 9.54. The molecule has 2 bridgehead atoms. The monoisotopic (exact) mass is 365 g/mol. The molecule has 0 radical (unpaired) electrons. The molecule has 140 valence electrons. The van der Waals surface area contributed by atoms with Gasteiger partial charge in [0, 0.05) is 18.0 Å². The van der Waals surface area contributed by atoms with E-state index in [4.69, 9.17) is 4.74 Å². The molecule has 3 nitrogen and oxygen atoms in total. The first-order chi connectivity index (χ1) is 11.5. The van der Waals surface area contributed by atoms with E-state index in [0.29, 0.717) is 18.0 Å². The highest BCUT2D eigenvalue weighted by Crippen LogP contribution is 2.46. The Labute approximate surface area is 158 Å². The molecule has 0 saturated carbocycles. The number of nitrogens with zero attached hydrogens (tertiary/aromatic N) is 1. The van der Waals surface area contributed by atoms with Crippen LogP contribution in [-0.4, -0.2) is 36.1 Å². The van der Waals surface area contributed by atoms with E-state index in [-0.39, 0.29) is 30.4 Å². The summed E-state index contributed by atoms with van der Waals surface area (Å²) in [5, 5.41) is 0. The Bertz CT molecular complexity index is 570.